The molecule has 0 fully saturated rings. The molecule has 0 saturated heterocycles. The van der Waals surface area contributed by atoms with Gasteiger partial charge in [0.05, 0.1) is 12.3 Å². The zero-order valence-electron chi connectivity index (χ0n) is 12.7. The van der Waals surface area contributed by atoms with Gasteiger partial charge < -0.3 is 10.1 Å². The van der Waals surface area contributed by atoms with E-state index in [0.29, 0.717) is 6.61 Å². The van der Waals surface area contributed by atoms with E-state index in [0.717, 1.165) is 27.4 Å². The molecule has 21 heavy (non-hydrogen) atoms. The number of nitrogens with zero attached hydrogens (tertiary/aromatic N) is 2. The molecule has 4 nitrogen and oxygen atoms in total. The fourth-order valence-corrected chi connectivity index (χ4v) is 3.35. The zero-order valence-corrected chi connectivity index (χ0v) is 15.1. The van der Waals surface area contributed by atoms with Gasteiger partial charge in [0.25, 0.3) is 0 Å². The molecule has 0 bridgehead atoms. The summed E-state index contributed by atoms with van der Waals surface area (Å²) in [7, 11) is 1.69. The Morgan fingerprint density at radius 1 is 1.38 bits per heavy atom. The Morgan fingerprint density at radius 3 is 2.76 bits per heavy atom. The highest BCUT2D eigenvalue weighted by molar-refractivity contribution is 9.10. The molecule has 0 aliphatic carbocycles. The Bertz CT molecular complexity index is 607. The van der Waals surface area contributed by atoms with Crippen LogP contribution in [-0.2, 0) is 17.9 Å². The predicted octanol–water partition coefficient (Wildman–Crippen LogP) is 4.00. The van der Waals surface area contributed by atoms with E-state index in [9.17, 15) is 0 Å². The monoisotopic (exact) mass is 369 g/mol. The molecular weight excluding hydrogens is 350 g/mol. The van der Waals surface area contributed by atoms with Gasteiger partial charge in [-0.3, -0.25) is 4.98 Å². The van der Waals surface area contributed by atoms with E-state index in [1.54, 1.807) is 24.6 Å². The van der Waals surface area contributed by atoms with E-state index in [1.807, 2.05) is 12.1 Å². The first-order valence-electron chi connectivity index (χ1n) is 6.74. The molecule has 0 aliphatic rings. The second kappa shape index (κ2) is 6.96. The van der Waals surface area contributed by atoms with Gasteiger partial charge >= 0.3 is 0 Å². The van der Waals surface area contributed by atoms with E-state index in [-0.39, 0.29) is 5.54 Å². The van der Waals surface area contributed by atoms with E-state index >= 15 is 0 Å². The SMILES string of the molecule is COCc1nc(-c2ncccc2Br)sc1CNC(C)(C)C. The van der Waals surface area contributed by atoms with E-state index in [4.69, 9.17) is 9.72 Å². The van der Waals surface area contributed by atoms with Crippen LogP contribution in [0.2, 0.25) is 0 Å². The van der Waals surface area contributed by atoms with Crippen LogP contribution in [-0.4, -0.2) is 22.6 Å². The average Bonchev–Trinajstić information content (AvgIpc) is 2.80. The minimum atomic E-state index is 0.0695. The molecule has 0 spiro atoms. The van der Waals surface area contributed by atoms with Gasteiger partial charge in [0.1, 0.15) is 10.7 Å². The molecule has 0 amide bonds. The zero-order chi connectivity index (χ0) is 15.5. The quantitative estimate of drug-likeness (QED) is 0.864. The molecule has 1 N–H and O–H groups in total. The van der Waals surface area contributed by atoms with Crippen molar-refractivity contribution in [1.82, 2.24) is 15.3 Å². The number of ether oxygens (including phenoxy) is 1. The Kier molecular flexibility index (Phi) is 5.48. The summed E-state index contributed by atoms with van der Waals surface area (Å²) < 4.78 is 6.22. The van der Waals surface area contributed by atoms with Crippen LogP contribution in [0.1, 0.15) is 31.3 Å². The molecule has 0 aromatic carbocycles. The number of methoxy groups -OCH3 is 1. The fraction of sp³-hybridized carbons (Fsp3) is 0.467. The Morgan fingerprint density at radius 2 is 2.14 bits per heavy atom. The minimum absolute atomic E-state index is 0.0695. The molecule has 0 radical (unpaired) electrons. The van der Waals surface area contributed by atoms with Gasteiger partial charge in [-0.05, 0) is 48.8 Å². The van der Waals surface area contributed by atoms with Crippen LogP contribution in [0.3, 0.4) is 0 Å². The van der Waals surface area contributed by atoms with Gasteiger partial charge in [-0.1, -0.05) is 0 Å². The van der Waals surface area contributed by atoms with Gasteiger partial charge in [-0.2, -0.15) is 0 Å². The number of rotatable bonds is 5. The third-order valence-corrected chi connectivity index (χ3v) is 4.54. The van der Waals surface area contributed by atoms with Crippen LogP contribution < -0.4 is 5.32 Å². The minimum Gasteiger partial charge on any atom is -0.378 e. The summed E-state index contributed by atoms with van der Waals surface area (Å²) in [5.41, 5.74) is 1.92. The maximum absolute atomic E-state index is 5.26. The van der Waals surface area contributed by atoms with Gasteiger partial charge in [-0.25, -0.2) is 4.98 Å². The van der Waals surface area contributed by atoms with Gasteiger partial charge in [0.2, 0.25) is 0 Å². The first-order valence-corrected chi connectivity index (χ1v) is 8.35. The first-order chi connectivity index (χ1) is 9.90. The molecule has 2 rings (SSSR count). The summed E-state index contributed by atoms with van der Waals surface area (Å²) in [5, 5.41) is 4.42. The summed E-state index contributed by atoms with van der Waals surface area (Å²) in [5.74, 6) is 0. The Balaban J connectivity index is 2.30. The third kappa shape index (κ3) is 4.57. The van der Waals surface area contributed by atoms with Crippen molar-refractivity contribution in [1.29, 1.82) is 0 Å². The van der Waals surface area contributed by atoms with Crippen LogP contribution in [0.4, 0.5) is 0 Å². The van der Waals surface area contributed by atoms with Crippen molar-refractivity contribution in [2.75, 3.05) is 7.11 Å². The maximum Gasteiger partial charge on any atom is 0.143 e. The largest absolute Gasteiger partial charge is 0.378 e. The number of thiazole rings is 1. The van der Waals surface area contributed by atoms with Gasteiger partial charge in [0, 0.05) is 34.7 Å². The molecule has 114 valence electrons. The van der Waals surface area contributed by atoms with Crippen molar-refractivity contribution in [3.8, 4) is 10.7 Å². The van der Waals surface area contributed by atoms with Crippen molar-refractivity contribution >= 4 is 27.3 Å². The summed E-state index contributed by atoms with van der Waals surface area (Å²) in [6, 6.07) is 3.88. The lowest BCUT2D eigenvalue weighted by Gasteiger charge is -2.20. The Labute approximate surface area is 138 Å². The standard InChI is InChI=1S/C15H20BrN3OS/c1-15(2,3)18-8-12-11(9-20-4)19-14(21-12)13-10(16)6-5-7-17-13/h5-7,18H,8-9H2,1-4H3. The molecule has 2 aromatic heterocycles. The van der Waals surface area contributed by atoms with Crippen LogP contribution in [0.25, 0.3) is 10.7 Å². The molecule has 6 heteroatoms. The molecule has 0 atom stereocenters. The third-order valence-electron chi connectivity index (χ3n) is 2.80. The smallest absolute Gasteiger partial charge is 0.143 e. The average molecular weight is 370 g/mol. The van der Waals surface area contributed by atoms with Gasteiger partial charge in [0.15, 0.2) is 0 Å². The molecule has 0 aliphatic heterocycles. The molecule has 2 heterocycles. The lowest BCUT2D eigenvalue weighted by molar-refractivity contribution is 0.181. The Hall–Kier alpha value is -0.820. The number of nitrogens with one attached hydrogen (secondary N) is 1. The van der Waals surface area contributed by atoms with Gasteiger partial charge in [-0.15, -0.1) is 11.3 Å². The van der Waals surface area contributed by atoms with E-state index in [2.05, 4.69) is 47.0 Å². The van der Waals surface area contributed by atoms with E-state index in [1.165, 1.54) is 4.88 Å². The number of halogens is 1. The highest BCUT2D eigenvalue weighted by atomic mass is 79.9. The van der Waals surface area contributed by atoms with Crippen molar-refractivity contribution in [2.24, 2.45) is 0 Å². The number of hydrogen-bond acceptors (Lipinski definition) is 5. The summed E-state index contributed by atoms with van der Waals surface area (Å²) in [6.07, 6.45) is 1.78. The normalized spacial score (nSPS) is 11.9. The van der Waals surface area contributed by atoms with Crippen LogP contribution in [0.15, 0.2) is 22.8 Å². The highest BCUT2D eigenvalue weighted by Crippen LogP contribution is 2.32. The lowest BCUT2D eigenvalue weighted by Crippen LogP contribution is -2.35. The molecular formula is C15H20BrN3OS. The summed E-state index contributed by atoms with van der Waals surface area (Å²) in [4.78, 5) is 10.3. The topological polar surface area (TPSA) is 47.0 Å². The second-order valence-corrected chi connectivity index (χ2v) is 7.70. The summed E-state index contributed by atoms with van der Waals surface area (Å²) in [6.45, 7) is 7.76. The first kappa shape index (κ1) is 16.5. The number of hydrogen-bond donors (Lipinski definition) is 1. The van der Waals surface area contributed by atoms with E-state index < -0.39 is 0 Å². The second-order valence-electron chi connectivity index (χ2n) is 5.76. The van der Waals surface area contributed by atoms with Crippen molar-refractivity contribution in [3.63, 3.8) is 0 Å². The van der Waals surface area contributed by atoms with Crippen molar-refractivity contribution in [3.05, 3.63) is 33.4 Å². The fourth-order valence-electron chi connectivity index (χ4n) is 1.76. The van der Waals surface area contributed by atoms with Crippen molar-refractivity contribution < 1.29 is 4.74 Å². The maximum atomic E-state index is 5.26. The molecule has 0 unspecified atom stereocenters. The molecule has 0 saturated carbocycles. The number of pyridine rings is 1. The lowest BCUT2D eigenvalue weighted by atomic mass is 10.1. The molecule has 2 aromatic rings. The summed E-state index contributed by atoms with van der Waals surface area (Å²) >= 11 is 5.20. The predicted molar refractivity (Wildman–Crippen MR) is 90.4 cm³/mol. The van der Waals surface area contributed by atoms with Crippen LogP contribution in [0.5, 0.6) is 0 Å². The highest BCUT2D eigenvalue weighted by Gasteiger charge is 2.17. The van der Waals surface area contributed by atoms with Crippen LogP contribution in [0, 0.1) is 0 Å². The van der Waals surface area contributed by atoms with Crippen molar-refractivity contribution in [2.45, 2.75) is 39.5 Å². The van der Waals surface area contributed by atoms with Crippen LogP contribution >= 0.6 is 27.3 Å². The number of aromatic nitrogens is 2.